The fourth-order valence-corrected chi connectivity index (χ4v) is 2.33. The molecule has 0 amide bonds. The summed E-state index contributed by atoms with van der Waals surface area (Å²) in [7, 11) is -3.17. The average molecular weight is 281 g/mol. The number of aromatic nitrogens is 3. The van der Waals surface area contributed by atoms with E-state index >= 15 is 0 Å². The van der Waals surface area contributed by atoms with Crippen LogP contribution in [-0.4, -0.2) is 36.1 Å². The third-order valence-corrected chi connectivity index (χ3v) is 3.97. The van der Waals surface area contributed by atoms with Gasteiger partial charge in [0.05, 0.1) is 16.8 Å². The summed E-state index contributed by atoms with van der Waals surface area (Å²) in [4.78, 5) is 4.58. The average Bonchev–Trinajstić information content (AvgIpc) is 2.38. The zero-order chi connectivity index (χ0) is 13.2. The van der Waals surface area contributed by atoms with E-state index in [1.54, 1.807) is 30.5 Å². The van der Waals surface area contributed by atoms with Crippen LogP contribution in [0, 0.1) is 0 Å². The maximum absolute atomic E-state index is 11.3. The quantitative estimate of drug-likeness (QED) is 0.797. The van der Waals surface area contributed by atoms with Crippen molar-refractivity contribution in [3.05, 3.63) is 30.5 Å². The van der Waals surface area contributed by atoms with Crippen molar-refractivity contribution in [3.63, 3.8) is 0 Å². The molecule has 0 fully saturated rings. The zero-order valence-corrected chi connectivity index (χ0v) is 11.5. The van der Waals surface area contributed by atoms with E-state index < -0.39 is 9.84 Å². The van der Waals surface area contributed by atoms with E-state index in [0.29, 0.717) is 15.7 Å². The van der Waals surface area contributed by atoms with Crippen molar-refractivity contribution in [3.8, 4) is 11.3 Å². The molecule has 0 unspecified atom stereocenters. The van der Waals surface area contributed by atoms with Crippen LogP contribution >= 0.6 is 11.8 Å². The van der Waals surface area contributed by atoms with Gasteiger partial charge in [-0.1, -0.05) is 23.9 Å². The first-order valence-electron chi connectivity index (χ1n) is 5.05. The minimum Gasteiger partial charge on any atom is -0.224 e. The van der Waals surface area contributed by atoms with E-state index in [4.69, 9.17) is 0 Å². The molecular formula is C11H11N3O2S2. The van der Waals surface area contributed by atoms with Crippen LogP contribution < -0.4 is 0 Å². The molecule has 0 aliphatic heterocycles. The largest absolute Gasteiger partial charge is 0.224 e. The van der Waals surface area contributed by atoms with Crippen molar-refractivity contribution in [2.24, 2.45) is 0 Å². The Balaban J connectivity index is 2.40. The first-order valence-corrected chi connectivity index (χ1v) is 8.16. The van der Waals surface area contributed by atoms with E-state index in [1.165, 1.54) is 18.0 Å². The molecular weight excluding hydrogens is 270 g/mol. The van der Waals surface area contributed by atoms with Gasteiger partial charge in [0.2, 0.25) is 5.16 Å². The highest BCUT2D eigenvalue weighted by molar-refractivity contribution is 7.98. The number of rotatable bonds is 3. The van der Waals surface area contributed by atoms with Crippen molar-refractivity contribution in [2.75, 3.05) is 12.5 Å². The normalized spacial score (nSPS) is 11.4. The molecule has 0 bridgehead atoms. The molecule has 0 aliphatic rings. The second-order valence-corrected chi connectivity index (χ2v) is 6.41. The minimum absolute atomic E-state index is 0.290. The Morgan fingerprint density at radius 3 is 2.39 bits per heavy atom. The lowest BCUT2D eigenvalue weighted by molar-refractivity contribution is 0.602. The second-order valence-electron chi connectivity index (χ2n) is 3.62. The standard InChI is InChI=1S/C11H11N3O2S2/c1-17-11-13-10(7-12-14-11)8-3-5-9(6-4-8)18(2,15)16/h3-7H,1-2H3. The van der Waals surface area contributed by atoms with Gasteiger partial charge in [-0.05, 0) is 18.4 Å². The van der Waals surface area contributed by atoms with Crippen molar-refractivity contribution < 1.29 is 8.42 Å². The van der Waals surface area contributed by atoms with Gasteiger partial charge in [0.25, 0.3) is 0 Å². The lowest BCUT2D eigenvalue weighted by Crippen LogP contribution is -1.97. The van der Waals surface area contributed by atoms with Crippen LogP contribution in [0.3, 0.4) is 0 Å². The highest BCUT2D eigenvalue weighted by Gasteiger charge is 2.08. The lowest BCUT2D eigenvalue weighted by atomic mass is 10.2. The minimum atomic E-state index is -3.17. The number of hydrogen-bond donors (Lipinski definition) is 0. The molecule has 0 saturated carbocycles. The van der Waals surface area contributed by atoms with Crippen LogP contribution in [0.2, 0.25) is 0 Å². The monoisotopic (exact) mass is 281 g/mol. The Morgan fingerprint density at radius 1 is 1.17 bits per heavy atom. The van der Waals surface area contributed by atoms with Gasteiger partial charge in [-0.3, -0.25) is 0 Å². The van der Waals surface area contributed by atoms with Crippen molar-refractivity contribution in [1.82, 2.24) is 15.2 Å². The highest BCUT2D eigenvalue weighted by atomic mass is 32.2. The molecule has 2 rings (SSSR count). The van der Waals surface area contributed by atoms with Gasteiger partial charge in [-0.15, -0.1) is 5.10 Å². The summed E-state index contributed by atoms with van der Waals surface area (Å²) in [6.45, 7) is 0. The van der Waals surface area contributed by atoms with Crippen LogP contribution in [0.15, 0.2) is 40.5 Å². The third-order valence-electron chi connectivity index (χ3n) is 2.30. The predicted octanol–water partition coefficient (Wildman–Crippen LogP) is 1.66. The fourth-order valence-electron chi connectivity index (χ4n) is 1.39. The van der Waals surface area contributed by atoms with Crippen LogP contribution in [0.5, 0.6) is 0 Å². The van der Waals surface area contributed by atoms with Crippen LogP contribution in [-0.2, 0) is 9.84 Å². The Labute approximate surface area is 110 Å². The Kier molecular flexibility index (Phi) is 3.63. The van der Waals surface area contributed by atoms with E-state index in [9.17, 15) is 8.42 Å². The zero-order valence-electron chi connectivity index (χ0n) is 9.86. The van der Waals surface area contributed by atoms with E-state index in [-0.39, 0.29) is 0 Å². The molecule has 0 saturated heterocycles. The molecule has 1 aromatic carbocycles. The van der Waals surface area contributed by atoms with Gasteiger partial charge >= 0.3 is 0 Å². The van der Waals surface area contributed by atoms with Gasteiger partial charge in [0.15, 0.2) is 9.84 Å². The summed E-state index contributed by atoms with van der Waals surface area (Å²) in [5.41, 5.74) is 1.49. The summed E-state index contributed by atoms with van der Waals surface area (Å²) in [6.07, 6.45) is 4.60. The van der Waals surface area contributed by atoms with Gasteiger partial charge < -0.3 is 0 Å². The number of hydrogen-bond acceptors (Lipinski definition) is 6. The molecule has 0 spiro atoms. The third kappa shape index (κ3) is 2.85. The fraction of sp³-hybridized carbons (Fsp3) is 0.182. The molecule has 18 heavy (non-hydrogen) atoms. The maximum Gasteiger partial charge on any atom is 0.209 e. The Bertz CT molecular complexity index is 654. The number of thioether (sulfide) groups is 1. The molecule has 7 heteroatoms. The van der Waals surface area contributed by atoms with E-state index in [2.05, 4.69) is 15.2 Å². The van der Waals surface area contributed by atoms with Gasteiger partial charge in [0.1, 0.15) is 0 Å². The van der Waals surface area contributed by atoms with Crippen LogP contribution in [0.4, 0.5) is 0 Å². The Morgan fingerprint density at radius 2 is 1.83 bits per heavy atom. The molecule has 2 aromatic rings. The molecule has 1 heterocycles. The second kappa shape index (κ2) is 5.03. The number of nitrogens with zero attached hydrogens (tertiary/aromatic N) is 3. The topological polar surface area (TPSA) is 72.8 Å². The summed E-state index contributed by atoms with van der Waals surface area (Å²) in [6, 6.07) is 6.55. The smallest absolute Gasteiger partial charge is 0.209 e. The van der Waals surface area contributed by atoms with E-state index in [1.807, 2.05) is 6.26 Å². The molecule has 0 radical (unpaired) electrons. The maximum atomic E-state index is 11.3. The molecule has 5 nitrogen and oxygen atoms in total. The summed E-state index contributed by atoms with van der Waals surface area (Å²) < 4.78 is 22.7. The summed E-state index contributed by atoms with van der Waals surface area (Å²) in [5, 5.41) is 8.28. The van der Waals surface area contributed by atoms with Gasteiger partial charge in [-0.25, -0.2) is 13.4 Å². The first kappa shape index (κ1) is 13.0. The summed E-state index contributed by atoms with van der Waals surface area (Å²) in [5.74, 6) is 0. The predicted molar refractivity (Wildman–Crippen MR) is 70.2 cm³/mol. The summed E-state index contributed by atoms with van der Waals surface area (Å²) >= 11 is 1.40. The van der Waals surface area contributed by atoms with Gasteiger partial charge in [0, 0.05) is 11.8 Å². The van der Waals surface area contributed by atoms with Crippen molar-refractivity contribution >= 4 is 21.6 Å². The van der Waals surface area contributed by atoms with Gasteiger partial charge in [-0.2, -0.15) is 5.10 Å². The molecule has 0 N–H and O–H groups in total. The molecule has 1 aromatic heterocycles. The van der Waals surface area contributed by atoms with Crippen LogP contribution in [0.25, 0.3) is 11.3 Å². The number of sulfone groups is 1. The Hall–Kier alpha value is -1.47. The van der Waals surface area contributed by atoms with E-state index in [0.717, 1.165) is 5.56 Å². The van der Waals surface area contributed by atoms with Crippen molar-refractivity contribution in [2.45, 2.75) is 10.1 Å². The van der Waals surface area contributed by atoms with Crippen molar-refractivity contribution in [1.29, 1.82) is 0 Å². The molecule has 0 aliphatic carbocycles. The molecule has 94 valence electrons. The first-order chi connectivity index (χ1) is 8.50. The van der Waals surface area contributed by atoms with Crippen LogP contribution in [0.1, 0.15) is 0 Å². The lowest BCUT2D eigenvalue weighted by Gasteiger charge is -2.02. The SMILES string of the molecule is CSc1nncc(-c2ccc(S(C)(=O)=O)cc2)n1. The highest BCUT2D eigenvalue weighted by Crippen LogP contribution is 2.20. The molecule has 0 atom stereocenters. The number of benzene rings is 1.